The number of ether oxygens (including phenoxy) is 2. The van der Waals surface area contributed by atoms with E-state index in [4.69, 9.17) is 14.5 Å². The molecule has 1 saturated heterocycles. The Kier molecular flexibility index (Phi) is 7.06. The topological polar surface area (TPSA) is 69.0 Å². The maximum atomic E-state index is 13.6. The number of hydrogen-bond donors (Lipinski definition) is 0. The van der Waals surface area contributed by atoms with Gasteiger partial charge in [0, 0.05) is 24.3 Å². The fraction of sp³-hybridized carbons (Fsp3) is 0.300. The quantitative estimate of drug-likeness (QED) is 0.342. The smallest absolute Gasteiger partial charge is 0.282 e. The third kappa shape index (κ3) is 5.00. The molecule has 0 unspecified atom stereocenters. The summed E-state index contributed by atoms with van der Waals surface area (Å²) in [4.78, 5) is 20.8. The van der Waals surface area contributed by atoms with E-state index in [0.717, 1.165) is 60.0 Å². The van der Waals surface area contributed by atoms with Gasteiger partial charge in [0.25, 0.3) is 5.56 Å². The van der Waals surface area contributed by atoms with Gasteiger partial charge in [-0.1, -0.05) is 38.1 Å². The molecule has 1 fully saturated rings. The highest BCUT2D eigenvalue weighted by molar-refractivity contribution is 5.83. The van der Waals surface area contributed by atoms with Crippen molar-refractivity contribution in [3.63, 3.8) is 0 Å². The molecular formula is C30H32N4O3. The Hall–Kier alpha value is -3.97. The van der Waals surface area contributed by atoms with Crippen molar-refractivity contribution in [1.82, 2.24) is 9.66 Å². The van der Waals surface area contributed by atoms with Crippen LogP contribution in [-0.2, 0) is 4.74 Å². The summed E-state index contributed by atoms with van der Waals surface area (Å²) >= 11 is 0. The first-order chi connectivity index (χ1) is 18.0. The van der Waals surface area contributed by atoms with Gasteiger partial charge in [-0.05, 0) is 65.9 Å². The fourth-order valence-electron chi connectivity index (χ4n) is 4.69. The summed E-state index contributed by atoms with van der Waals surface area (Å²) in [6, 6.07) is 19.7. The number of fused-ring (bicyclic) bond motifs is 1. The molecule has 190 valence electrons. The zero-order valence-corrected chi connectivity index (χ0v) is 21.8. The molecule has 7 nitrogen and oxygen atoms in total. The minimum Gasteiger partial charge on any atom is -0.496 e. The van der Waals surface area contributed by atoms with E-state index in [1.165, 1.54) is 4.68 Å². The molecule has 37 heavy (non-hydrogen) atoms. The molecule has 1 aliphatic heterocycles. The molecule has 0 bridgehead atoms. The molecule has 0 saturated carbocycles. The van der Waals surface area contributed by atoms with Crippen molar-refractivity contribution >= 4 is 22.8 Å². The van der Waals surface area contributed by atoms with Crippen LogP contribution in [0, 0.1) is 6.92 Å². The van der Waals surface area contributed by atoms with Crippen LogP contribution < -0.4 is 15.2 Å². The highest BCUT2D eigenvalue weighted by atomic mass is 16.5. The molecule has 1 aliphatic rings. The third-order valence-corrected chi connectivity index (χ3v) is 6.79. The summed E-state index contributed by atoms with van der Waals surface area (Å²) in [6.45, 7) is 9.50. The van der Waals surface area contributed by atoms with Gasteiger partial charge in [0.2, 0.25) is 0 Å². The van der Waals surface area contributed by atoms with Crippen LogP contribution in [-0.4, -0.2) is 49.3 Å². The molecule has 0 N–H and O–H groups in total. The van der Waals surface area contributed by atoms with Crippen LogP contribution in [0.25, 0.3) is 22.3 Å². The van der Waals surface area contributed by atoms with E-state index in [1.807, 2.05) is 43.3 Å². The van der Waals surface area contributed by atoms with Crippen LogP contribution in [0.4, 0.5) is 5.69 Å². The van der Waals surface area contributed by atoms with Gasteiger partial charge in [0.05, 0.1) is 37.4 Å². The molecule has 7 heteroatoms. The summed E-state index contributed by atoms with van der Waals surface area (Å²) in [5.41, 5.74) is 5.36. The van der Waals surface area contributed by atoms with Crippen molar-refractivity contribution < 1.29 is 9.47 Å². The standard InChI is InChI=1S/C30H32N4O3/c1-20(2)25-18-26(21(3)17-28(25)36-4)29-32-27-8-6-5-7-24(27)30(35)34(29)31-19-22-9-11-23(12-10-22)33-13-15-37-16-14-33/h5-12,17-20H,13-16H2,1-4H3. The molecular weight excluding hydrogens is 464 g/mol. The zero-order valence-electron chi connectivity index (χ0n) is 21.8. The first-order valence-corrected chi connectivity index (χ1v) is 12.6. The van der Waals surface area contributed by atoms with Gasteiger partial charge in [-0.3, -0.25) is 4.79 Å². The molecule has 0 atom stereocenters. The summed E-state index contributed by atoms with van der Waals surface area (Å²) in [5.74, 6) is 1.57. The van der Waals surface area contributed by atoms with Gasteiger partial charge in [-0.2, -0.15) is 9.78 Å². The zero-order chi connectivity index (χ0) is 25.9. The number of benzene rings is 3. The van der Waals surface area contributed by atoms with E-state index < -0.39 is 0 Å². The van der Waals surface area contributed by atoms with Gasteiger partial charge in [0.1, 0.15) is 5.75 Å². The molecule has 2 heterocycles. The van der Waals surface area contributed by atoms with Crippen LogP contribution in [0.15, 0.2) is 70.6 Å². The highest BCUT2D eigenvalue weighted by Gasteiger charge is 2.18. The Morgan fingerprint density at radius 3 is 2.49 bits per heavy atom. The molecule has 0 amide bonds. The van der Waals surface area contributed by atoms with Crippen LogP contribution in [0.1, 0.15) is 36.5 Å². The Bertz CT molecular complexity index is 1500. The maximum Gasteiger partial charge on any atom is 0.282 e. The number of hydrogen-bond acceptors (Lipinski definition) is 6. The second-order valence-electron chi connectivity index (χ2n) is 9.57. The number of nitrogens with zero attached hydrogens (tertiary/aromatic N) is 4. The van der Waals surface area contributed by atoms with Crippen molar-refractivity contribution in [3.05, 3.63) is 87.7 Å². The predicted octanol–water partition coefficient (Wildman–Crippen LogP) is 5.22. The number of aromatic nitrogens is 2. The van der Waals surface area contributed by atoms with Crippen LogP contribution in [0.5, 0.6) is 5.75 Å². The van der Waals surface area contributed by atoms with Gasteiger partial charge >= 0.3 is 0 Å². The lowest BCUT2D eigenvalue weighted by atomic mass is 9.96. The summed E-state index contributed by atoms with van der Waals surface area (Å²) in [6.07, 6.45) is 1.71. The number of aryl methyl sites for hydroxylation is 1. The molecule has 0 radical (unpaired) electrons. The predicted molar refractivity (Wildman–Crippen MR) is 149 cm³/mol. The Labute approximate surface area is 217 Å². The van der Waals surface area contributed by atoms with E-state index in [2.05, 4.69) is 42.0 Å². The Morgan fingerprint density at radius 2 is 1.78 bits per heavy atom. The summed E-state index contributed by atoms with van der Waals surface area (Å²) in [5, 5.41) is 5.18. The monoisotopic (exact) mass is 496 g/mol. The van der Waals surface area contributed by atoms with Gasteiger partial charge < -0.3 is 14.4 Å². The molecule has 1 aromatic heterocycles. The second-order valence-corrected chi connectivity index (χ2v) is 9.57. The van der Waals surface area contributed by atoms with E-state index >= 15 is 0 Å². The van der Waals surface area contributed by atoms with Crippen molar-refractivity contribution in [1.29, 1.82) is 0 Å². The van der Waals surface area contributed by atoms with Gasteiger partial charge in [-0.25, -0.2) is 4.98 Å². The van der Waals surface area contributed by atoms with Gasteiger partial charge in [0.15, 0.2) is 5.82 Å². The van der Waals surface area contributed by atoms with Crippen LogP contribution in [0.2, 0.25) is 0 Å². The highest BCUT2D eigenvalue weighted by Crippen LogP contribution is 2.34. The van der Waals surface area contributed by atoms with E-state index in [1.54, 1.807) is 19.4 Å². The van der Waals surface area contributed by atoms with E-state index in [0.29, 0.717) is 16.7 Å². The number of anilines is 1. The minimum atomic E-state index is -0.205. The summed E-state index contributed by atoms with van der Waals surface area (Å²) in [7, 11) is 1.68. The van der Waals surface area contributed by atoms with E-state index in [-0.39, 0.29) is 11.5 Å². The average molecular weight is 497 g/mol. The van der Waals surface area contributed by atoms with Crippen molar-refractivity contribution in [2.75, 3.05) is 38.3 Å². The largest absolute Gasteiger partial charge is 0.496 e. The van der Waals surface area contributed by atoms with Crippen molar-refractivity contribution in [3.8, 4) is 17.1 Å². The second kappa shape index (κ2) is 10.6. The maximum absolute atomic E-state index is 13.6. The number of para-hydroxylation sites is 1. The first kappa shape index (κ1) is 24.7. The summed E-state index contributed by atoms with van der Waals surface area (Å²) < 4.78 is 12.5. The Morgan fingerprint density at radius 1 is 1.05 bits per heavy atom. The Balaban J connectivity index is 1.60. The molecule has 4 aromatic rings. The normalized spacial score (nSPS) is 14.1. The van der Waals surface area contributed by atoms with E-state index in [9.17, 15) is 4.79 Å². The SMILES string of the molecule is COc1cc(C)c(-c2nc3ccccc3c(=O)n2N=Cc2ccc(N3CCOCC3)cc2)cc1C(C)C. The molecule has 0 aliphatic carbocycles. The molecule has 3 aromatic carbocycles. The average Bonchev–Trinajstić information content (AvgIpc) is 2.93. The van der Waals surface area contributed by atoms with Crippen molar-refractivity contribution in [2.24, 2.45) is 5.10 Å². The molecule has 0 spiro atoms. The van der Waals surface area contributed by atoms with Crippen LogP contribution in [0.3, 0.4) is 0 Å². The lowest BCUT2D eigenvalue weighted by Crippen LogP contribution is -2.36. The lowest BCUT2D eigenvalue weighted by Gasteiger charge is -2.28. The first-order valence-electron chi connectivity index (χ1n) is 12.6. The minimum absolute atomic E-state index is 0.205. The number of methoxy groups -OCH3 is 1. The third-order valence-electron chi connectivity index (χ3n) is 6.79. The van der Waals surface area contributed by atoms with Crippen LogP contribution >= 0.6 is 0 Å². The molecule has 5 rings (SSSR count). The number of morpholine rings is 1. The fourth-order valence-corrected chi connectivity index (χ4v) is 4.69. The van der Waals surface area contributed by atoms with Gasteiger partial charge in [-0.15, -0.1) is 0 Å². The lowest BCUT2D eigenvalue weighted by molar-refractivity contribution is 0.122. The number of rotatable bonds is 6. The van der Waals surface area contributed by atoms with Crippen molar-refractivity contribution in [2.45, 2.75) is 26.7 Å².